The average Bonchev–Trinajstić information content (AvgIpc) is 3.57. The van der Waals surface area contributed by atoms with E-state index in [0.29, 0.717) is 0 Å². The normalized spacial score (nSPS) is 13.4. The van der Waals surface area contributed by atoms with Gasteiger partial charge in [-0.1, -0.05) is 122 Å². The first-order valence-electron chi connectivity index (χ1n) is 17.9. The van der Waals surface area contributed by atoms with Gasteiger partial charge in [-0.3, -0.25) is 0 Å². The summed E-state index contributed by atoms with van der Waals surface area (Å²) < 4.78 is 2.51. The van der Waals surface area contributed by atoms with E-state index in [-0.39, 0.29) is 21.7 Å². The molecular weight excluding hydrogens is 739 g/mol. The minimum absolute atomic E-state index is 0.00817. The molecule has 2 nitrogen and oxygen atoms in total. The van der Waals surface area contributed by atoms with E-state index in [4.69, 9.17) is 0 Å². The molecule has 0 spiro atoms. The Morgan fingerprint density at radius 3 is 1.48 bits per heavy atom. The fourth-order valence-corrected chi connectivity index (χ4v) is 9.21. The molecule has 0 saturated carbocycles. The van der Waals surface area contributed by atoms with Crippen LogP contribution < -0.4 is 0 Å². The predicted molar refractivity (Wildman–Crippen MR) is 230 cm³/mol. The lowest BCUT2D eigenvalue weighted by Crippen LogP contribution is -2.11. The third-order valence-corrected chi connectivity index (χ3v) is 12.4. The fourth-order valence-electron chi connectivity index (χ4n) is 7.32. The second kappa shape index (κ2) is 11.9. The Hall–Kier alpha value is -3.22. The maximum atomic E-state index is 3.89. The second-order valence-corrected chi connectivity index (χ2v) is 20.2. The number of hydrogen-bond donors (Lipinski definition) is 1. The lowest BCUT2D eigenvalue weighted by Gasteiger charge is -2.22. The molecule has 0 atom stereocenters. The zero-order valence-corrected chi connectivity index (χ0v) is 34.8. The first-order chi connectivity index (χ1) is 23.3. The highest BCUT2D eigenvalue weighted by molar-refractivity contribution is 14.2. The van der Waals surface area contributed by atoms with E-state index in [0.717, 1.165) is 0 Å². The van der Waals surface area contributed by atoms with Crippen LogP contribution in [0.4, 0.5) is 0 Å². The maximum Gasteiger partial charge on any atom is 0.0612 e. The number of halogens is 1. The number of fused-ring (bicyclic) bond motifs is 6. The van der Waals surface area contributed by atoms with E-state index in [1.807, 2.05) is 8.93 Å². The molecule has 4 heteroatoms. The summed E-state index contributed by atoms with van der Waals surface area (Å²) in [4.78, 5) is 5.16. The number of aromatic amines is 1. The van der Waals surface area contributed by atoms with Gasteiger partial charge in [-0.15, -0.1) is 0 Å². The van der Waals surface area contributed by atoms with Gasteiger partial charge in [0.2, 0.25) is 0 Å². The SMILES string of the molecule is CC(C)(C)c1ccc2[nH]c3c(-c4cccc(-n5c6ccc(C(C)(C)C)cc6c6cc(C(C)(C)C)ccc65)c4SI)cc(C(C)(C)C)cc3c2c1. The van der Waals surface area contributed by atoms with Gasteiger partial charge in [-0.05, 0) is 98.5 Å². The van der Waals surface area contributed by atoms with Crippen LogP contribution in [-0.2, 0) is 21.7 Å². The molecule has 0 fully saturated rings. The van der Waals surface area contributed by atoms with E-state index in [9.17, 15) is 0 Å². The van der Waals surface area contributed by atoms with Crippen molar-refractivity contribution in [3.8, 4) is 16.8 Å². The van der Waals surface area contributed by atoms with E-state index in [2.05, 4.69) is 199 Å². The molecule has 1 N–H and O–H groups in total. The second-order valence-electron chi connectivity index (χ2n) is 18.4. The first kappa shape index (κ1) is 35.2. The standard InChI is InChI=1S/C46H51IN2S/c1-43(2,3)27-16-19-37-32(22-27)36-26-30(46(10,11)12)25-35(41(36)48-37)31-14-13-15-40(42(31)50-47)49-38-20-17-28(44(4,5)6)23-33(38)34-24-29(45(7,8)9)18-21-39(34)49/h13-26,48H,1-12H3. The van der Waals surface area contributed by atoms with Crippen LogP contribution in [0.2, 0.25) is 0 Å². The molecule has 7 aromatic rings. The molecule has 5 aromatic carbocycles. The molecule has 0 unspecified atom stereocenters. The molecule has 2 heterocycles. The van der Waals surface area contributed by atoms with Crippen LogP contribution in [-0.4, -0.2) is 9.55 Å². The number of H-pyrrole nitrogens is 1. The molecule has 0 amide bonds. The fraction of sp³-hybridized carbons (Fsp3) is 0.348. The number of nitrogens with one attached hydrogen (secondary N) is 1. The van der Waals surface area contributed by atoms with Crippen molar-refractivity contribution in [3.05, 3.63) is 107 Å². The zero-order chi connectivity index (χ0) is 36.1. The van der Waals surface area contributed by atoms with Crippen LogP contribution in [0.3, 0.4) is 0 Å². The smallest absolute Gasteiger partial charge is 0.0612 e. The van der Waals surface area contributed by atoms with Crippen molar-refractivity contribution < 1.29 is 0 Å². The van der Waals surface area contributed by atoms with Gasteiger partial charge in [0.05, 0.1) is 22.2 Å². The third kappa shape index (κ3) is 5.98. The van der Waals surface area contributed by atoms with Gasteiger partial charge in [0, 0.05) is 64.3 Å². The van der Waals surface area contributed by atoms with Crippen LogP contribution in [0, 0.1) is 0 Å². The molecule has 2 aromatic heterocycles. The first-order valence-corrected chi connectivity index (χ1v) is 21.3. The van der Waals surface area contributed by atoms with Crippen LogP contribution >= 0.6 is 30.1 Å². The molecule has 0 saturated heterocycles. The van der Waals surface area contributed by atoms with Gasteiger partial charge in [-0.25, -0.2) is 0 Å². The van der Waals surface area contributed by atoms with Crippen molar-refractivity contribution >= 4 is 73.8 Å². The Morgan fingerprint density at radius 1 is 0.500 bits per heavy atom. The van der Waals surface area contributed by atoms with E-state index in [1.54, 1.807) is 0 Å². The molecule has 0 bridgehead atoms. The van der Waals surface area contributed by atoms with Crippen LogP contribution in [0.15, 0.2) is 89.8 Å². The van der Waals surface area contributed by atoms with E-state index < -0.39 is 0 Å². The quantitative estimate of drug-likeness (QED) is 0.177. The topological polar surface area (TPSA) is 20.7 Å². The summed E-state index contributed by atoms with van der Waals surface area (Å²) >= 11 is 2.50. The summed E-state index contributed by atoms with van der Waals surface area (Å²) in [6.45, 7) is 27.7. The molecule has 7 rings (SSSR count). The van der Waals surface area contributed by atoms with Crippen LogP contribution in [0.25, 0.3) is 60.4 Å². The van der Waals surface area contributed by atoms with Crippen molar-refractivity contribution in [1.29, 1.82) is 0 Å². The van der Waals surface area contributed by atoms with Gasteiger partial charge >= 0.3 is 0 Å². The summed E-state index contributed by atoms with van der Waals surface area (Å²) in [6, 6.07) is 33.0. The maximum absolute atomic E-state index is 3.89. The minimum Gasteiger partial charge on any atom is -0.354 e. The molecule has 50 heavy (non-hydrogen) atoms. The molecule has 0 radical (unpaired) electrons. The van der Waals surface area contributed by atoms with E-state index in [1.165, 1.54) is 87.6 Å². The largest absolute Gasteiger partial charge is 0.354 e. The lowest BCUT2D eigenvalue weighted by atomic mass is 9.83. The lowest BCUT2D eigenvalue weighted by molar-refractivity contribution is 0.590. The number of hydrogen-bond acceptors (Lipinski definition) is 1. The third-order valence-electron chi connectivity index (χ3n) is 10.5. The van der Waals surface area contributed by atoms with Crippen molar-refractivity contribution in [2.24, 2.45) is 0 Å². The molecule has 0 aliphatic carbocycles. The Bertz CT molecular complexity index is 2380. The van der Waals surface area contributed by atoms with Crippen molar-refractivity contribution in [2.75, 3.05) is 0 Å². The van der Waals surface area contributed by atoms with Gasteiger partial charge in [0.15, 0.2) is 0 Å². The molecular formula is C46H51IN2S. The van der Waals surface area contributed by atoms with Crippen molar-refractivity contribution in [3.63, 3.8) is 0 Å². The monoisotopic (exact) mass is 790 g/mol. The summed E-state index contributed by atoms with van der Waals surface area (Å²) in [5.74, 6) is 0. The summed E-state index contributed by atoms with van der Waals surface area (Å²) in [6.07, 6.45) is 0. The molecule has 0 aliphatic rings. The van der Waals surface area contributed by atoms with Crippen LogP contribution in [0.5, 0.6) is 0 Å². The van der Waals surface area contributed by atoms with Gasteiger partial charge < -0.3 is 9.55 Å². The van der Waals surface area contributed by atoms with Crippen LogP contribution in [0.1, 0.15) is 105 Å². The Morgan fingerprint density at radius 2 is 0.980 bits per heavy atom. The summed E-state index contributed by atoms with van der Waals surface area (Å²) in [5.41, 5.74) is 14.2. The van der Waals surface area contributed by atoms with Gasteiger partial charge in [-0.2, -0.15) is 0 Å². The number of aromatic nitrogens is 2. The van der Waals surface area contributed by atoms with Gasteiger partial charge in [0.25, 0.3) is 0 Å². The van der Waals surface area contributed by atoms with Crippen molar-refractivity contribution in [1.82, 2.24) is 9.55 Å². The highest BCUT2D eigenvalue weighted by Crippen LogP contribution is 2.47. The Labute approximate surface area is 315 Å². The highest BCUT2D eigenvalue weighted by atomic mass is 127. The van der Waals surface area contributed by atoms with E-state index >= 15 is 0 Å². The average molecular weight is 791 g/mol. The molecule has 0 aliphatic heterocycles. The zero-order valence-electron chi connectivity index (χ0n) is 31.8. The van der Waals surface area contributed by atoms with Gasteiger partial charge in [0.1, 0.15) is 0 Å². The van der Waals surface area contributed by atoms with Crippen molar-refractivity contribution in [2.45, 2.75) is 110 Å². The highest BCUT2D eigenvalue weighted by Gasteiger charge is 2.25. The minimum atomic E-state index is -0.00817. The number of benzene rings is 5. The Kier molecular flexibility index (Phi) is 8.39. The number of rotatable bonds is 3. The molecule has 258 valence electrons. The predicted octanol–water partition coefficient (Wildman–Crippen LogP) is 14.7. The Balaban J connectivity index is 1.56. The number of nitrogens with zero attached hydrogens (tertiary/aromatic N) is 1. The summed E-state index contributed by atoms with van der Waals surface area (Å²) in [5, 5.41) is 5.22. The summed E-state index contributed by atoms with van der Waals surface area (Å²) in [7, 11) is 1.82.